The number of hydrogen-bond donors (Lipinski definition) is 1. The van der Waals surface area contributed by atoms with Crippen LogP contribution in [0.4, 0.5) is 0 Å². The van der Waals surface area contributed by atoms with Crippen molar-refractivity contribution in [2.24, 2.45) is 5.92 Å². The summed E-state index contributed by atoms with van der Waals surface area (Å²) in [6, 6.07) is 10.1. The van der Waals surface area contributed by atoms with E-state index in [1.54, 1.807) is 20.4 Å². The first kappa shape index (κ1) is 23.2. The lowest BCUT2D eigenvalue weighted by molar-refractivity contribution is -0.123. The minimum absolute atomic E-state index is 0.0178. The Labute approximate surface area is 186 Å². The van der Waals surface area contributed by atoms with Crippen molar-refractivity contribution in [3.05, 3.63) is 58.9 Å². The Morgan fingerprint density at radius 2 is 1.94 bits per heavy atom. The number of piperidine rings is 1. The van der Waals surface area contributed by atoms with Crippen molar-refractivity contribution in [3.8, 4) is 5.75 Å². The van der Waals surface area contributed by atoms with E-state index in [0.717, 1.165) is 43.9 Å². The molecule has 0 radical (unpaired) electrons. The summed E-state index contributed by atoms with van der Waals surface area (Å²) in [7, 11) is 3.34. The predicted molar refractivity (Wildman–Crippen MR) is 122 cm³/mol. The van der Waals surface area contributed by atoms with Gasteiger partial charge in [0.25, 0.3) is 0 Å². The summed E-state index contributed by atoms with van der Waals surface area (Å²) in [6.45, 7) is 7.68. The van der Waals surface area contributed by atoms with Gasteiger partial charge in [0.1, 0.15) is 5.75 Å². The molecule has 1 atom stereocenters. The Morgan fingerprint density at radius 1 is 1.16 bits per heavy atom. The molecule has 1 N–H and O–H groups in total. The summed E-state index contributed by atoms with van der Waals surface area (Å²) in [4.78, 5) is 19.5. The highest BCUT2D eigenvalue weighted by Gasteiger charge is 2.30. The van der Waals surface area contributed by atoms with Gasteiger partial charge in [0.05, 0.1) is 25.5 Å². The van der Waals surface area contributed by atoms with Crippen molar-refractivity contribution >= 4 is 5.91 Å². The summed E-state index contributed by atoms with van der Waals surface area (Å²) in [5.41, 5.74) is 4.81. The van der Waals surface area contributed by atoms with Crippen LogP contribution in [0.15, 0.2) is 36.5 Å². The fourth-order valence-electron chi connectivity index (χ4n) is 4.36. The van der Waals surface area contributed by atoms with Crippen molar-refractivity contribution in [3.63, 3.8) is 0 Å². The highest BCUT2D eigenvalue weighted by molar-refractivity contribution is 5.76. The number of methoxy groups -OCH3 is 2. The lowest BCUT2D eigenvalue weighted by atomic mass is 9.86. The number of ether oxygens (including phenoxy) is 2. The van der Waals surface area contributed by atoms with Crippen molar-refractivity contribution in [2.75, 3.05) is 33.9 Å². The normalized spacial score (nSPS) is 16.1. The van der Waals surface area contributed by atoms with Gasteiger partial charge in [-0.15, -0.1) is 0 Å². The third-order valence-electron chi connectivity index (χ3n) is 6.42. The third kappa shape index (κ3) is 6.05. The standard InChI is InChI=1S/C25H35N3O3/c1-18-19(2)23(31-4)9-8-21(18)17-28-14-10-20(11-15-28)25(22-7-5-6-13-26-22)27-24(29)12-16-30-3/h5-9,13,20,25H,10-12,14-17H2,1-4H3,(H,27,29)/t25-/m1/s1. The lowest BCUT2D eigenvalue weighted by Crippen LogP contribution is -2.41. The molecule has 0 spiro atoms. The maximum atomic E-state index is 12.4. The highest BCUT2D eigenvalue weighted by Crippen LogP contribution is 2.31. The second-order valence-electron chi connectivity index (χ2n) is 8.33. The molecule has 1 saturated heterocycles. The molecular weight excluding hydrogens is 390 g/mol. The van der Waals surface area contributed by atoms with Gasteiger partial charge in [-0.3, -0.25) is 14.7 Å². The van der Waals surface area contributed by atoms with E-state index < -0.39 is 0 Å². The van der Waals surface area contributed by atoms with Crippen LogP contribution in [0.5, 0.6) is 5.75 Å². The first-order valence-electron chi connectivity index (χ1n) is 11.1. The largest absolute Gasteiger partial charge is 0.496 e. The molecule has 0 bridgehead atoms. The van der Waals surface area contributed by atoms with E-state index >= 15 is 0 Å². The molecule has 0 aliphatic carbocycles. The number of likely N-dealkylation sites (tertiary alicyclic amines) is 1. The number of benzene rings is 1. The Bertz CT molecular complexity index is 849. The molecule has 1 aromatic heterocycles. The Morgan fingerprint density at radius 3 is 2.58 bits per heavy atom. The number of nitrogens with one attached hydrogen (secondary N) is 1. The van der Waals surface area contributed by atoms with Crippen LogP contribution in [0.25, 0.3) is 0 Å². The molecule has 0 saturated carbocycles. The molecule has 1 aromatic carbocycles. The second-order valence-corrected chi connectivity index (χ2v) is 8.33. The molecule has 1 amide bonds. The maximum Gasteiger partial charge on any atom is 0.222 e. The quantitative estimate of drug-likeness (QED) is 0.662. The zero-order valence-corrected chi connectivity index (χ0v) is 19.2. The van der Waals surface area contributed by atoms with Crippen LogP contribution >= 0.6 is 0 Å². The minimum Gasteiger partial charge on any atom is -0.496 e. The first-order valence-corrected chi connectivity index (χ1v) is 11.1. The van der Waals surface area contributed by atoms with Crippen molar-refractivity contribution in [1.29, 1.82) is 0 Å². The van der Waals surface area contributed by atoms with Crippen LogP contribution in [0.3, 0.4) is 0 Å². The van der Waals surface area contributed by atoms with Gasteiger partial charge in [-0.1, -0.05) is 12.1 Å². The van der Waals surface area contributed by atoms with Crippen LogP contribution in [-0.4, -0.2) is 49.7 Å². The van der Waals surface area contributed by atoms with Gasteiger partial charge < -0.3 is 14.8 Å². The molecule has 31 heavy (non-hydrogen) atoms. The summed E-state index contributed by atoms with van der Waals surface area (Å²) in [5.74, 6) is 1.34. The monoisotopic (exact) mass is 425 g/mol. The summed E-state index contributed by atoms with van der Waals surface area (Å²) in [5, 5.41) is 3.22. The van der Waals surface area contributed by atoms with E-state index in [0.29, 0.717) is 18.9 Å². The van der Waals surface area contributed by atoms with Crippen molar-refractivity contribution in [1.82, 2.24) is 15.2 Å². The van der Waals surface area contributed by atoms with Gasteiger partial charge in [0.15, 0.2) is 0 Å². The number of aromatic nitrogens is 1. The minimum atomic E-state index is -0.0577. The fourth-order valence-corrected chi connectivity index (χ4v) is 4.36. The number of carbonyl (C=O) groups excluding carboxylic acids is 1. The van der Waals surface area contributed by atoms with Gasteiger partial charge in [0.2, 0.25) is 5.91 Å². The highest BCUT2D eigenvalue weighted by atomic mass is 16.5. The summed E-state index contributed by atoms with van der Waals surface area (Å²) < 4.78 is 10.5. The Balaban J connectivity index is 1.64. The zero-order valence-electron chi connectivity index (χ0n) is 19.2. The van der Waals surface area contributed by atoms with E-state index in [-0.39, 0.29) is 11.9 Å². The van der Waals surface area contributed by atoms with E-state index in [4.69, 9.17) is 9.47 Å². The molecule has 0 unspecified atom stereocenters. The molecule has 2 aromatic rings. The first-order chi connectivity index (χ1) is 15.0. The molecule has 6 heteroatoms. The lowest BCUT2D eigenvalue weighted by Gasteiger charge is -2.36. The molecule has 1 aliphatic heterocycles. The van der Waals surface area contributed by atoms with E-state index in [1.165, 1.54) is 16.7 Å². The number of amides is 1. The number of rotatable bonds is 9. The van der Waals surface area contributed by atoms with Crippen LogP contribution in [0.2, 0.25) is 0 Å². The molecule has 168 valence electrons. The van der Waals surface area contributed by atoms with Crippen LogP contribution < -0.4 is 10.1 Å². The molecule has 1 fully saturated rings. The number of nitrogens with zero attached hydrogens (tertiary/aromatic N) is 2. The Hall–Kier alpha value is -2.44. The second kappa shape index (κ2) is 11.3. The van der Waals surface area contributed by atoms with Crippen LogP contribution in [0.1, 0.15) is 47.7 Å². The molecule has 1 aliphatic rings. The van der Waals surface area contributed by atoms with Crippen LogP contribution in [0, 0.1) is 19.8 Å². The number of carbonyl (C=O) groups is 1. The fraction of sp³-hybridized carbons (Fsp3) is 0.520. The van der Waals surface area contributed by atoms with Gasteiger partial charge >= 0.3 is 0 Å². The van der Waals surface area contributed by atoms with Gasteiger partial charge in [-0.2, -0.15) is 0 Å². The van der Waals surface area contributed by atoms with Gasteiger partial charge in [0, 0.05) is 26.3 Å². The predicted octanol–water partition coefficient (Wildman–Crippen LogP) is 3.81. The SMILES string of the molecule is COCCC(=O)N[C@@H](c1ccccn1)C1CCN(Cc2ccc(OC)c(C)c2C)CC1. The van der Waals surface area contributed by atoms with Crippen molar-refractivity contribution in [2.45, 2.75) is 45.7 Å². The third-order valence-corrected chi connectivity index (χ3v) is 6.42. The zero-order chi connectivity index (χ0) is 22.2. The summed E-state index contributed by atoms with van der Waals surface area (Å²) in [6.07, 6.45) is 4.22. The average Bonchev–Trinajstić information content (AvgIpc) is 2.80. The average molecular weight is 426 g/mol. The van der Waals surface area contributed by atoms with Crippen molar-refractivity contribution < 1.29 is 14.3 Å². The van der Waals surface area contributed by atoms with E-state index in [1.807, 2.05) is 18.2 Å². The Kier molecular flexibility index (Phi) is 8.43. The number of hydrogen-bond acceptors (Lipinski definition) is 5. The maximum absolute atomic E-state index is 12.4. The molecular formula is C25H35N3O3. The van der Waals surface area contributed by atoms with Gasteiger partial charge in [-0.25, -0.2) is 0 Å². The van der Waals surface area contributed by atoms with Gasteiger partial charge in [-0.05, 0) is 80.6 Å². The molecule has 3 rings (SSSR count). The van der Waals surface area contributed by atoms with Crippen LogP contribution in [-0.2, 0) is 16.1 Å². The molecule has 6 nitrogen and oxygen atoms in total. The smallest absolute Gasteiger partial charge is 0.222 e. The van der Waals surface area contributed by atoms with E-state index in [2.05, 4.69) is 41.2 Å². The number of pyridine rings is 1. The molecule has 2 heterocycles. The van der Waals surface area contributed by atoms with E-state index in [9.17, 15) is 4.79 Å². The summed E-state index contributed by atoms with van der Waals surface area (Å²) >= 11 is 0. The topological polar surface area (TPSA) is 63.7 Å².